The lowest BCUT2D eigenvalue weighted by molar-refractivity contribution is -0.0933. The number of aromatic nitrogens is 2. The van der Waals surface area contributed by atoms with E-state index in [2.05, 4.69) is 27.2 Å². The summed E-state index contributed by atoms with van der Waals surface area (Å²) in [7, 11) is 0. The van der Waals surface area contributed by atoms with Gasteiger partial charge < -0.3 is 9.26 Å². The van der Waals surface area contributed by atoms with Crippen molar-refractivity contribution >= 4 is 0 Å². The van der Waals surface area contributed by atoms with E-state index in [4.69, 9.17) is 9.26 Å². The first-order chi connectivity index (χ1) is 11.4. The number of benzene rings is 1. The average molecular weight is 313 g/mol. The number of morpholine rings is 1. The molecule has 122 valence electrons. The molecule has 4 rings (SSSR count). The van der Waals surface area contributed by atoms with Crippen LogP contribution in [0.3, 0.4) is 0 Å². The minimum Gasteiger partial charge on any atom is -0.375 e. The summed E-state index contributed by atoms with van der Waals surface area (Å²) in [5, 5.41) is 4.14. The molecule has 0 amide bonds. The molecule has 0 bridgehead atoms. The Hall–Kier alpha value is -1.72. The van der Waals surface area contributed by atoms with Crippen LogP contribution in [0.25, 0.3) is 0 Å². The third-order valence-electron chi connectivity index (χ3n) is 4.90. The summed E-state index contributed by atoms with van der Waals surface area (Å²) in [5.74, 6) is 1.49. The fourth-order valence-electron chi connectivity index (χ4n) is 3.75. The van der Waals surface area contributed by atoms with E-state index in [1.807, 2.05) is 18.2 Å². The number of hydrogen-bond acceptors (Lipinski definition) is 5. The second-order valence-electron chi connectivity index (χ2n) is 6.50. The Morgan fingerprint density at radius 3 is 2.91 bits per heavy atom. The molecule has 0 spiro atoms. The van der Waals surface area contributed by atoms with Crippen LogP contribution < -0.4 is 0 Å². The summed E-state index contributed by atoms with van der Waals surface area (Å²) in [6, 6.07) is 10.8. The molecule has 0 N–H and O–H groups in total. The fraction of sp³-hybridized carbons (Fsp3) is 0.556. The highest BCUT2D eigenvalue weighted by atomic mass is 16.5. The number of nitrogens with zero attached hydrogens (tertiary/aromatic N) is 3. The van der Waals surface area contributed by atoms with E-state index in [9.17, 15) is 0 Å². The quantitative estimate of drug-likeness (QED) is 0.869. The Labute approximate surface area is 136 Å². The van der Waals surface area contributed by atoms with Crippen molar-refractivity contribution in [2.75, 3.05) is 13.2 Å². The molecule has 1 saturated carbocycles. The molecule has 1 aliphatic heterocycles. The van der Waals surface area contributed by atoms with Crippen molar-refractivity contribution in [1.82, 2.24) is 15.0 Å². The minimum absolute atomic E-state index is 0.393. The molecule has 2 heterocycles. The molecule has 0 radical (unpaired) electrons. The standard InChI is InChI=1S/C18H23N3O2/c1-2-6-14(7-3-1)12-17-19-18(23-20-17)13-21-10-11-22-16-9-5-4-8-15(16)21/h1-3,6-7,15-16H,4-5,8-13H2/t15-,16-/m1/s1. The lowest BCUT2D eigenvalue weighted by Crippen LogP contribution is -2.52. The van der Waals surface area contributed by atoms with Gasteiger partial charge in [-0.25, -0.2) is 0 Å². The second kappa shape index (κ2) is 6.81. The van der Waals surface area contributed by atoms with Crippen LogP contribution in [0.1, 0.15) is 43.0 Å². The Morgan fingerprint density at radius 1 is 1.13 bits per heavy atom. The fourth-order valence-corrected chi connectivity index (χ4v) is 3.75. The van der Waals surface area contributed by atoms with Gasteiger partial charge in [0.25, 0.3) is 0 Å². The van der Waals surface area contributed by atoms with Gasteiger partial charge in [-0.05, 0) is 18.4 Å². The van der Waals surface area contributed by atoms with Crippen LogP contribution in [-0.2, 0) is 17.7 Å². The number of ether oxygens (including phenoxy) is 1. The summed E-state index contributed by atoms with van der Waals surface area (Å²) in [4.78, 5) is 7.04. The SMILES string of the molecule is c1ccc(Cc2noc(CN3CCO[C@@H]4CCCC[C@H]43)n2)cc1. The highest BCUT2D eigenvalue weighted by Gasteiger charge is 2.34. The molecular formula is C18H23N3O2. The zero-order chi connectivity index (χ0) is 15.5. The number of hydrogen-bond donors (Lipinski definition) is 0. The van der Waals surface area contributed by atoms with Crippen LogP contribution in [0, 0.1) is 0 Å². The van der Waals surface area contributed by atoms with Gasteiger partial charge >= 0.3 is 0 Å². The van der Waals surface area contributed by atoms with Crippen molar-refractivity contribution in [2.24, 2.45) is 0 Å². The van der Waals surface area contributed by atoms with E-state index in [1.54, 1.807) is 0 Å². The van der Waals surface area contributed by atoms with Gasteiger partial charge in [0.2, 0.25) is 5.89 Å². The van der Waals surface area contributed by atoms with Crippen LogP contribution in [0.5, 0.6) is 0 Å². The van der Waals surface area contributed by atoms with E-state index in [1.165, 1.54) is 31.2 Å². The first-order valence-electron chi connectivity index (χ1n) is 8.59. The van der Waals surface area contributed by atoms with Gasteiger partial charge in [-0.2, -0.15) is 4.98 Å². The second-order valence-corrected chi connectivity index (χ2v) is 6.50. The van der Waals surface area contributed by atoms with E-state index >= 15 is 0 Å². The van der Waals surface area contributed by atoms with E-state index in [0.29, 0.717) is 12.1 Å². The number of rotatable bonds is 4. The minimum atomic E-state index is 0.393. The Morgan fingerprint density at radius 2 is 2.00 bits per heavy atom. The Kier molecular flexibility index (Phi) is 4.39. The summed E-state index contributed by atoms with van der Waals surface area (Å²) in [6.07, 6.45) is 6.10. The monoisotopic (exact) mass is 313 g/mol. The molecule has 1 aromatic heterocycles. The largest absolute Gasteiger partial charge is 0.375 e. The summed E-state index contributed by atoms with van der Waals surface area (Å²) in [6.45, 7) is 2.51. The molecule has 2 aromatic rings. The first kappa shape index (κ1) is 14.8. The van der Waals surface area contributed by atoms with Gasteiger partial charge in [0.05, 0.1) is 19.3 Å². The normalized spacial score (nSPS) is 25.2. The van der Waals surface area contributed by atoms with E-state index < -0.39 is 0 Å². The topological polar surface area (TPSA) is 51.4 Å². The van der Waals surface area contributed by atoms with Crippen molar-refractivity contribution in [3.05, 3.63) is 47.6 Å². The molecule has 0 unspecified atom stereocenters. The van der Waals surface area contributed by atoms with Crippen LogP contribution in [-0.4, -0.2) is 40.3 Å². The van der Waals surface area contributed by atoms with Gasteiger partial charge in [-0.15, -0.1) is 0 Å². The summed E-state index contributed by atoms with van der Waals surface area (Å²) in [5.41, 5.74) is 1.21. The molecule has 2 aliphatic rings. The predicted octanol–water partition coefficient (Wildman–Crippen LogP) is 2.80. The zero-order valence-corrected chi connectivity index (χ0v) is 13.4. The van der Waals surface area contributed by atoms with Crippen molar-refractivity contribution in [3.63, 3.8) is 0 Å². The smallest absolute Gasteiger partial charge is 0.240 e. The predicted molar refractivity (Wildman–Crippen MR) is 86.0 cm³/mol. The first-order valence-corrected chi connectivity index (χ1v) is 8.59. The maximum atomic E-state index is 5.93. The van der Waals surface area contributed by atoms with Gasteiger partial charge in [0.1, 0.15) is 0 Å². The molecular weight excluding hydrogens is 290 g/mol. The van der Waals surface area contributed by atoms with Crippen LogP contribution >= 0.6 is 0 Å². The van der Waals surface area contributed by atoms with Gasteiger partial charge in [-0.1, -0.05) is 48.3 Å². The van der Waals surface area contributed by atoms with E-state index in [-0.39, 0.29) is 0 Å². The highest BCUT2D eigenvalue weighted by molar-refractivity contribution is 5.18. The molecule has 2 atom stereocenters. The molecule has 1 aromatic carbocycles. The number of fused-ring (bicyclic) bond motifs is 1. The van der Waals surface area contributed by atoms with Crippen LogP contribution in [0.4, 0.5) is 0 Å². The lowest BCUT2D eigenvalue weighted by atomic mass is 9.90. The molecule has 2 fully saturated rings. The molecule has 5 nitrogen and oxygen atoms in total. The molecule has 23 heavy (non-hydrogen) atoms. The highest BCUT2D eigenvalue weighted by Crippen LogP contribution is 2.29. The molecule has 5 heteroatoms. The summed E-state index contributed by atoms with van der Waals surface area (Å²) >= 11 is 0. The summed E-state index contributed by atoms with van der Waals surface area (Å²) < 4.78 is 11.4. The van der Waals surface area contributed by atoms with Crippen LogP contribution in [0.2, 0.25) is 0 Å². The Bertz CT molecular complexity index is 626. The van der Waals surface area contributed by atoms with Gasteiger partial charge in [0.15, 0.2) is 5.82 Å². The Balaban J connectivity index is 1.41. The molecule has 1 aliphatic carbocycles. The maximum Gasteiger partial charge on any atom is 0.240 e. The average Bonchev–Trinajstić information content (AvgIpc) is 3.03. The van der Waals surface area contributed by atoms with Crippen molar-refractivity contribution in [3.8, 4) is 0 Å². The van der Waals surface area contributed by atoms with Crippen LogP contribution in [0.15, 0.2) is 34.9 Å². The van der Waals surface area contributed by atoms with E-state index in [0.717, 1.165) is 37.8 Å². The van der Waals surface area contributed by atoms with Crippen molar-refractivity contribution < 1.29 is 9.26 Å². The third-order valence-corrected chi connectivity index (χ3v) is 4.90. The van der Waals surface area contributed by atoms with Gasteiger partial charge in [-0.3, -0.25) is 4.90 Å². The maximum absolute atomic E-state index is 5.93. The van der Waals surface area contributed by atoms with Crippen molar-refractivity contribution in [1.29, 1.82) is 0 Å². The third kappa shape index (κ3) is 3.46. The zero-order valence-electron chi connectivity index (χ0n) is 13.4. The van der Waals surface area contributed by atoms with Crippen molar-refractivity contribution in [2.45, 2.75) is 50.8 Å². The lowest BCUT2D eigenvalue weighted by Gasteiger charge is -2.43. The molecule has 1 saturated heterocycles. The van der Waals surface area contributed by atoms with Gasteiger partial charge in [0, 0.05) is 19.0 Å².